The Morgan fingerprint density at radius 1 is 1.14 bits per heavy atom. The van der Waals surface area contributed by atoms with Gasteiger partial charge in [0.05, 0.1) is 24.0 Å². The number of amides is 1. The Kier molecular flexibility index (Phi) is 5.91. The zero-order chi connectivity index (χ0) is 24.7. The number of hydrogen-bond acceptors (Lipinski definition) is 6. The van der Waals surface area contributed by atoms with Gasteiger partial charge in [0.25, 0.3) is 12.3 Å². The maximum atomic E-state index is 13.8. The third-order valence-corrected chi connectivity index (χ3v) is 6.93. The number of hydrogen-bond donors (Lipinski definition) is 1. The lowest BCUT2D eigenvalue weighted by molar-refractivity contribution is 0.0606. The van der Waals surface area contributed by atoms with Gasteiger partial charge < -0.3 is 10.1 Å². The first-order valence-corrected chi connectivity index (χ1v) is 11.4. The minimum Gasteiger partial charge on any atom is -0.465 e. The molecule has 2 aromatic carbocycles. The average molecular weight is 513 g/mol. The molecule has 35 heavy (non-hydrogen) atoms. The van der Waals surface area contributed by atoms with Crippen LogP contribution in [-0.2, 0) is 4.74 Å². The zero-order valence-electron chi connectivity index (χ0n) is 18.0. The van der Waals surface area contributed by atoms with E-state index in [2.05, 4.69) is 15.4 Å². The standard InChI is InChI=1S/C24H15ClF2N4O3S/c1-34-24(33)20-19(25)14-8-7-13(9-18(14)35-20)29-23(32)15-11-28-31-17(21(26)27)10-16(30-22(15)31)12-5-3-2-4-6-12/h2-11,21H,1H3,(H,29,32). The molecular formula is C24H15ClF2N4O3S. The van der Waals surface area contributed by atoms with Gasteiger partial charge in [0.1, 0.15) is 16.1 Å². The third kappa shape index (κ3) is 4.11. The second kappa shape index (κ2) is 9.05. The molecule has 11 heteroatoms. The topological polar surface area (TPSA) is 85.6 Å². The Labute approximate surface area is 205 Å². The van der Waals surface area contributed by atoms with Gasteiger partial charge in [0, 0.05) is 21.3 Å². The number of alkyl halides is 2. The Morgan fingerprint density at radius 2 is 1.91 bits per heavy atom. The first kappa shape index (κ1) is 22.9. The highest BCUT2D eigenvalue weighted by Crippen LogP contribution is 2.37. The normalized spacial score (nSPS) is 11.3. The van der Waals surface area contributed by atoms with Crippen molar-refractivity contribution in [1.82, 2.24) is 14.6 Å². The van der Waals surface area contributed by atoms with Crippen LogP contribution in [0.2, 0.25) is 5.02 Å². The number of nitrogens with zero attached hydrogens (tertiary/aromatic N) is 3. The van der Waals surface area contributed by atoms with Gasteiger partial charge >= 0.3 is 5.97 Å². The van der Waals surface area contributed by atoms with E-state index in [0.717, 1.165) is 15.9 Å². The number of aromatic nitrogens is 3. The predicted octanol–water partition coefficient (Wildman–Crippen LogP) is 6.24. The van der Waals surface area contributed by atoms with E-state index >= 15 is 0 Å². The molecule has 3 heterocycles. The lowest BCUT2D eigenvalue weighted by Gasteiger charge is -2.09. The largest absolute Gasteiger partial charge is 0.465 e. The van der Waals surface area contributed by atoms with Gasteiger partial charge in [-0.15, -0.1) is 11.3 Å². The quantitative estimate of drug-likeness (QED) is 0.282. The summed E-state index contributed by atoms with van der Waals surface area (Å²) in [7, 11) is 1.27. The van der Waals surface area contributed by atoms with E-state index in [9.17, 15) is 18.4 Å². The molecule has 0 aliphatic rings. The number of benzene rings is 2. The number of ether oxygens (including phenoxy) is 1. The van der Waals surface area contributed by atoms with Gasteiger partial charge in [0.15, 0.2) is 5.65 Å². The van der Waals surface area contributed by atoms with Crippen molar-refractivity contribution in [2.45, 2.75) is 6.43 Å². The van der Waals surface area contributed by atoms with Crippen molar-refractivity contribution in [1.29, 1.82) is 0 Å². The molecule has 0 spiro atoms. The number of esters is 1. The van der Waals surface area contributed by atoms with Gasteiger partial charge in [-0.1, -0.05) is 41.9 Å². The summed E-state index contributed by atoms with van der Waals surface area (Å²) >= 11 is 7.42. The monoisotopic (exact) mass is 512 g/mol. The van der Waals surface area contributed by atoms with Crippen molar-refractivity contribution in [2.24, 2.45) is 0 Å². The van der Waals surface area contributed by atoms with Gasteiger partial charge in [-0.3, -0.25) is 4.79 Å². The maximum Gasteiger partial charge on any atom is 0.349 e. The molecule has 5 aromatic rings. The minimum atomic E-state index is -2.83. The molecule has 7 nitrogen and oxygen atoms in total. The van der Waals surface area contributed by atoms with Crippen LogP contribution >= 0.6 is 22.9 Å². The third-order valence-electron chi connectivity index (χ3n) is 5.30. The number of methoxy groups -OCH3 is 1. The number of nitrogens with one attached hydrogen (secondary N) is 1. The molecule has 0 aliphatic heterocycles. The van der Waals surface area contributed by atoms with Gasteiger partial charge in [-0.25, -0.2) is 23.1 Å². The van der Waals surface area contributed by atoms with E-state index < -0.39 is 18.3 Å². The smallest absolute Gasteiger partial charge is 0.349 e. The number of thiophene rings is 1. The highest BCUT2D eigenvalue weighted by molar-refractivity contribution is 7.21. The molecule has 0 radical (unpaired) electrons. The van der Waals surface area contributed by atoms with E-state index in [1.807, 2.05) is 0 Å². The van der Waals surface area contributed by atoms with Gasteiger partial charge in [0.2, 0.25) is 0 Å². The summed E-state index contributed by atoms with van der Waals surface area (Å²) in [5.74, 6) is -1.13. The highest BCUT2D eigenvalue weighted by Gasteiger charge is 2.22. The summed E-state index contributed by atoms with van der Waals surface area (Å²) in [6.07, 6.45) is -1.62. The van der Waals surface area contributed by atoms with Crippen LogP contribution in [0.3, 0.4) is 0 Å². The van der Waals surface area contributed by atoms with Crippen LogP contribution in [0.15, 0.2) is 60.8 Å². The fraction of sp³-hybridized carbons (Fsp3) is 0.0833. The predicted molar refractivity (Wildman–Crippen MR) is 130 cm³/mol. The molecule has 0 bridgehead atoms. The summed E-state index contributed by atoms with van der Waals surface area (Å²) in [5, 5.41) is 7.63. The fourth-order valence-electron chi connectivity index (χ4n) is 3.62. The number of carbonyl (C=O) groups excluding carboxylic acids is 2. The second-order valence-corrected chi connectivity index (χ2v) is 8.86. The Hall–Kier alpha value is -3.89. The van der Waals surface area contributed by atoms with Gasteiger partial charge in [-0.2, -0.15) is 5.10 Å². The van der Waals surface area contributed by atoms with E-state index in [1.54, 1.807) is 48.5 Å². The zero-order valence-corrected chi connectivity index (χ0v) is 19.5. The second-order valence-electron chi connectivity index (χ2n) is 7.43. The molecule has 3 aromatic heterocycles. The SMILES string of the molecule is COC(=O)c1sc2cc(NC(=O)c3cnn4c(C(F)F)cc(-c5ccccc5)nc34)ccc2c1Cl. The van der Waals surface area contributed by atoms with Crippen molar-refractivity contribution >= 4 is 56.2 Å². The van der Waals surface area contributed by atoms with E-state index in [-0.39, 0.29) is 26.8 Å². The number of halogens is 3. The molecule has 0 saturated carbocycles. The van der Waals surface area contributed by atoms with Crippen molar-refractivity contribution in [3.63, 3.8) is 0 Å². The Bertz CT molecular complexity index is 1600. The molecule has 1 N–H and O–H groups in total. The molecule has 176 valence electrons. The molecule has 1 amide bonds. The minimum absolute atomic E-state index is 0.00683. The molecular weight excluding hydrogens is 498 g/mol. The van der Waals surface area contributed by atoms with E-state index in [4.69, 9.17) is 16.3 Å². The molecule has 0 fully saturated rings. The number of rotatable bonds is 5. The van der Waals surface area contributed by atoms with Crippen LogP contribution in [0, 0.1) is 0 Å². The fourth-order valence-corrected chi connectivity index (χ4v) is 5.09. The number of fused-ring (bicyclic) bond motifs is 2. The van der Waals surface area contributed by atoms with Crippen LogP contribution < -0.4 is 5.32 Å². The highest BCUT2D eigenvalue weighted by atomic mass is 35.5. The van der Waals surface area contributed by atoms with Crippen molar-refractivity contribution in [3.8, 4) is 11.3 Å². The first-order valence-electron chi connectivity index (χ1n) is 10.2. The van der Waals surface area contributed by atoms with Crippen LogP contribution in [0.4, 0.5) is 14.5 Å². The van der Waals surface area contributed by atoms with E-state index in [1.165, 1.54) is 19.4 Å². The maximum absolute atomic E-state index is 13.8. The summed E-state index contributed by atoms with van der Waals surface area (Å²) in [5.41, 5.74) is 1.01. The van der Waals surface area contributed by atoms with Gasteiger partial charge in [-0.05, 0) is 24.3 Å². The van der Waals surface area contributed by atoms with Crippen molar-refractivity contribution < 1.29 is 23.1 Å². The van der Waals surface area contributed by atoms with Crippen molar-refractivity contribution in [2.75, 3.05) is 12.4 Å². The lowest BCUT2D eigenvalue weighted by atomic mass is 10.1. The van der Waals surface area contributed by atoms with Crippen LogP contribution in [0.5, 0.6) is 0 Å². The molecule has 5 rings (SSSR count). The molecule has 0 saturated heterocycles. The Morgan fingerprint density at radius 3 is 2.63 bits per heavy atom. The van der Waals surface area contributed by atoms with Crippen LogP contribution in [-0.4, -0.2) is 33.6 Å². The molecule has 0 aliphatic carbocycles. The summed E-state index contributed by atoms with van der Waals surface area (Å²) in [4.78, 5) is 29.7. The molecule has 0 unspecified atom stereocenters. The number of anilines is 1. The van der Waals surface area contributed by atoms with Crippen LogP contribution in [0.25, 0.3) is 27.0 Å². The van der Waals surface area contributed by atoms with Crippen LogP contribution in [0.1, 0.15) is 32.1 Å². The molecule has 0 atom stereocenters. The summed E-state index contributed by atoms with van der Waals surface area (Å²) in [6.45, 7) is 0. The Balaban J connectivity index is 1.53. The van der Waals surface area contributed by atoms with Crippen molar-refractivity contribution in [3.05, 3.63) is 82.0 Å². The summed E-state index contributed by atoms with van der Waals surface area (Å²) < 4.78 is 33.9. The van der Waals surface area contributed by atoms with E-state index in [0.29, 0.717) is 27.0 Å². The first-order chi connectivity index (χ1) is 16.9. The average Bonchev–Trinajstić information content (AvgIpc) is 3.44. The summed E-state index contributed by atoms with van der Waals surface area (Å²) in [6, 6.07) is 15.1. The lowest BCUT2D eigenvalue weighted by Crippen LogP contribution is -2.12. The number of carbonyl (C=O) groups is 2.